The predicted molar refractivity (Wildman–Crippen MR) is 169 cm³/mol. The van der Waals surface area contributed by atoms with E-state index >= 15 is 0 Å². The smallest absolute Gasteiger partial charge is 0.407 e. The fraction of sp³-hybridized carbons (Fsp3) is 0.333. The summed E-state index contributed by atoms with van der Waals surface area (Å²) in [5.41, 5.74) is 4.16. The summed E-state index contributed by atoms with van der Waals surface area (Å²) in [7, 11) is 0. The van der Waals surface area contributed by atoms with Gasteiger partial charge in [0.15, 0.2) is 11.5 Å². The first-order valence-corrected chi connectivity index (χ1v) is 14.3. The number of anilines is 2. The topological polar surface area (TPSA) is 128 Å². The number of fused-ring (bicyclic) bond motifs is 1. The SMILES string of the molecule is CC#CCOc1ccc(-c2cnc3c(Nc4ccc(C(=O)NCCOCCNC(=O)OC(C)(C)C)c(C)c4)nccn23)cc1. The van der Waals surface area contributed by atoms with Gasteiger partial charge in [0.25, 0.3) is 5.91 Å². The molecule has 11 heteroatoms. The summed E-state index contributed by atoms with van der Waals surface area (Å²) in [6.45, 7) is 10.7. The van der Waals surface area contributed by atoms with Gasteiger partial charge in [0.05, 0.1) is 25.1 Å². The van der Waals surface area contributed by atoms with E-state index in [-0.39, 0.29) is 5.91 Å². The molecule has 0 atom stereocenters. The average molecular weight is 599 g/mol. The Labute approximate surface area is 257 Å². The van der Waals surface area contributed by atoms with E-state index in [9.17, 15) is 9.59 Å². The number of alkyl carbamates (subject to hydrolysis) is 1. The number of imidazole rings is 1. The predicted octanol–water partition coefficient (Wildman–Crippen LogP) is 5.12. The van der Waals surface area contributed by atoms with Gasteiger partial charge < -0.3 is 30.2 Å². The monoisotopic (exact) mass is 598 g/mol. The third-order valence-corrected chi connectivity index (χ3v) is 6.25. The summed E-state index contributed by atoms with van der Waals surface area (Å²) >= 11 is 0. The molecular weight excluding hydrogens is 560 g/mol. The van der Waals surface area contributed by atoms with Crippen LogP contribution < -0.4 is 20.7 Å². The zero-order chi connectivity index (χ0) is 31.5. The van der Waals surface area contributed by atoms with E-state index in [1.165, 1.54) is 0 Å². The summed E-state index contributed by atoms with van der Waals surface area (Å²) in [4.78, 5) is 33.5. The van der Waals surface area contributed by atoms with Crippen molar-refractivity contribution in [3.8, 4) is 28.8 Å². The lowest BCUT2D eigenvalue weighted by atomic mass is 10.1. The van der Waals surface area contributed by atoms with Crippen molar-refractivity contribution in [2.45, 2.75) is 40.2 Å². The highest BCUT2D eigenvalue weighted by Crippen LogP contribution is 2.27. The van der Waals surface area contributed by atoms with Gasteiger partial charge in [-0.05, 0) is 82.6 Å². The number of ether oxygens (including phenoxy) is 3. The number of aromatic nitrogens is 3. The van der Waals surface area contributed by atoms with Crippen molar-refractivity contribution >= 4 is 29.2 Å². The van der Waals surface area contributed by atoms with Gasteiger partial charge in [-0.15, -0.1) is 5.92 Å². The largest absolute Gasteiger partial charge is 0.481 e. The number of hydrogen-bond donors (Lipinski definition) is 3. The van der Waals surface area contributed by atoms with Crippen molar-refractivity contribution in [2.75, 3.05) is 38.2 Å². The van der Waals surface area contributed by atoms with Crippen molar-refractivity contribution in [1.29, 1.82) is 0 Å². The van der Waals surface area contributed by atoms with Crippen LogP contribution in [0, 0.1) is 18.8 Å². The molecule has 0 radical (unpaired) electrons. The summed E-state index contributed by atoms with van der Waals surface area (Å²) in [6, 6.07) is 13.3. The molecule has 0 unspecified atom stereocenters. The van der Waals surface area contributed by atoms with Crippen LogP contribution in [0.25, 0.3) is 16.9 Å². The van der Waals surface area contributed by atoms with Crippen LogP contribution in [0.1, 0.15) is 43.6 Å². The second-order valence-corrected chi connectivity index (χ2v) is 10.8. The van der Waals surface area contributed by atoms with E-state index in [2.05, 4.69) is 37.8 Å². The number of carbonyl (C=O) groups excluding carboxylic acids is 2. The lowest BCUT2D eigenvalue weighted by Gasteiger charge is -2.19. The first-order chi connectivity index (χ1) is 21.1. The highest BCUT2D eigenvalue weighted by molar-refractivity contribution is 5.96. The van der Waals surface area contributed by atoms with E-state index in [0.717, 1.165) is 28.3 Å². The van der Waals surface area contributed by atoms with E-state index in [4.69, 9.17) is 14.2 Å². The van der Waals surface area contributed by atoms with Crippen LogP contribution in [0.15, 0.2) is 61.1 Å². The number of aryl methyl sites for hydroxylation is 1. The minimum absolute atomic E-state index is 0.197. The zero-order valence-corrected chi connectivity index (χ0v) is 25.7. The van der Waals surface area contributed by atoms with Crippen molar-refractivity contribution < 1.29 is 23.8 Å². The normalized spacial score (nSPS) is 10.9. The molecule has 3 N–H and O–H groups in total. The summed E-state index contributed by atoms with van der Waals surface area (Å²) < 4.78 is 18.2. The lowest BCUT2D eigenvalue weighted by Crippen LogP contribution is -2.34. The van der Waals surface area contributed by atoms with E-state index in [1.54, 1.807) is 46.2 Å². The summed E-state index contributed by atoms with van der Waals surface area (Å²) in [5.74, 6) is 6.84. The van der Waals surface area contributed by atoms with Crippen LogP contribution in [0.5, 0.6) is 5.75 Å². The van der Waals surface area contributed by atoms with Crippen molar-refractivity contribution in [3.05, 3.63) is 72.2 Å². The van der Waals surface area contributed by atoms with Gasteiger partial charge >= 0.3 is 6.09 Å². The maximum absolute atomic E-state index is 12.7. The van der Waals surface area contributed by atoms with Gasteiger partial charge in [0.1, 0.15) is 18.0 Å². The Morgan fingerprint density at radius 1 is 1.00 bits per heavy atom. The highest BCUT2D eigenvalue weighted by Gasteiger charge is 2.16. The molecule has 2 aromatic heterocycles. The molecule has 4 aromatic rings. The third-order valence-electron chi connectivity index (χ3n) is 6.25. The first kappa shape index (κ1) is 31.8. The van der Waals surface area contributed by atoms with Gasteiger partial charge in [0, 0.05) is 42.3 Å². The number of carbonyl (C=O) groups is 2. The molecule has 0 aliphatic heterocycles. The minimum Gasteiger partial charge on any atom is -0.481 e. The maximum atomic E-state index is 12.7. The Morgan fingerprint density at radius 3 is 2.45 bits per heavy atom. The molecule has 0 spiro atoms. The number of benzene rings is 2. The quantitative estimate of drug-likeness (QED) is 0.151. The standard InChI is InChI=1S/C33H38N6O5/c1-6-7-18-43-26-11-8-24(9-12-26)28-22-37-30-29(34-14-17-39(28)30)38-25-10-13-27(23(2)21-25)31(40)35-15-19-42-20-16-36-32(41)44-33(3,4)5/h8-14,17,21-22H,15-16,18-20H2,1-5H3,(H,34,38)(H,35,40)(H,36,41). The van der Waals surface area contributed by atoms with Crippen molar-refractivity contribution in [2.24, 2.45) is 0 Å². The van der Waals surface area contributed by atoms with Crippen molar-refractivity contribution in [1.82, 2.24) is 25.0 Å². The summed E-state index contributed by atoms with van der Waals surface area (Å²) in [5, 5.41) is 8.82. The minimum atomic E-state index is -0.550. The van der Waals surface area contributed by atoms with Crippen LogP contribution in [0.4, 0.5) is 16.3 Å². The molecule has 44 heavy (non-hydrogen) atoms. The Balaban J connectivity index is 1.30. The van der Waals surface area contributed by atoms with Crippen molar-refractivity contribution in [3.63, 3.8) is 0 Å². The molecule has 2 heterocycles. The van der Waals surface area contributed by atoms with Gasteiger partial charge in [-0.2, -0.15) is 0 Å². The fourth-order valence-corrected chi connectivity index (χ4v) is 4.24. The molecule has 0 bridgehead atoms. The van der Waals surface area contributed by atoms with Crippen LogP contribution >= 0.6 is 0 Å². The molecule has 0 fully saturated rings. The number of rotatable bonds is 12. The number of nitrogens with one attached hydrogen (secondary N) is 3. The first-order valence-electron chi connectivity index (χ1n) is 14.3. The maximum Gasteiger partial charge on any atom is 0.407 e. The number of amides is 2. The Hall–Kier alpha value is -5.08. The van der Waals surface area contributed by atoms with E-state index < -0.39 is 11.7 Å². The Morgan fingerprint density at radius 2 is 1.75 bits per heavy atom. The average Bonchev–Trinajstić information content (AvgIpc) is 3.41. The molecule has 11 nitrogen and oxygen atoms in total. The van der Waals surface area contributed by atoms with Gasteiger partial charge in [-0.25, -0.2) is 14.8 Å². The number of hydrogen-bond acceptors (Lipinski definition) is 8. The molecular formula is C33H38N6O5. The molecule has 0 saturated heterocycles. The van der Waals surface area contributed by atoms with E-state index in [1.807, 2.05) is 53.9 Å². The molecule has 4 rings (SSSR count). The van der Waals surface area contributed by atoms with Gasteiger partial charge in [-0.1, -0.05) is 5.92 Å². The Bertz CT molecular complexity index is 1650. The second-order valence-electron chi connectivity index (χ2n) is 10.8. The third kappa shape index (κ3) is 8.96. The van der Waals surface area contributed by atoms with Crippen LogP contribution in [-0.2, 0) is 9.47 Å². The van der Waals surface area contributed by atoms with Gasteiger partial charge in [-0.3, -0.25) is 9.20 Å². The second kappa shape index (κ2) is 14.9. The highest BCUT2D eigenvalue weighted by atomic mass is 16.6. The summed E-state index contributed by atoms with van der Waals surface area (Å²) in [6.07, 6.45) is 4.90. The lowest BCUT2D eigenvalue weighted by molar-refractivity contribution is 0.0500. The van der Waals surface area contributed by atoms with Crippen LogP contribution in [-0.4, -0.2) is 64.9 Å². The molecule has 2 aromatic carbocycles. The molecule has 230 valence electrons. The van der Waals surface area contributed by atoms with Crippen LogP contribution in [0.2, 0.25) is 0 Å². The van der Waals surface area contributed by atoms with Gasteiger partial charge in [0.2, 0.25) is 0 Å². The molecule has 0 aliphatic carbocycles. The zero-order valence-electron chi connectivity index (χ0n) is 25.7. The number of nitrogens with zero attached hydrogens (tertiary/aromatic N) is 3. The molecule has 2 amide bonds. The Kier molecular flexibility index (Phi) is 10.8. The van der Waals surface area contributed by atoms with Crippen LogP contribution in [0.3, 0.4) is 0 Å². The molecule has 0 aliphatic rings. The fourth-order valence-electron chi connectivity index (χ4n) is 4.24. The van der Waals surface area contributed by atoms with E-state index in [0.29, 0.717) is 49.9 Å². The molecule has 0 saturated carbocycles.